The van der Waals surface area contributed by atoms with Gasteiger partial charge in [0.2, 0.25) is 0 Å². The van der Waals surface area contributed by atoms with Gasteiger partial charge in [-0.25, -0.2) is 9.97 Å². The zero-order valence-corrected chi connectivity index (χ0v) is 15.4. The van der Waals surface area contributed by atoms with E-state index < -0.39 is 0 Å². The smallest absolute Gasteiger partial charge is 0.274 e. The normalized spacial score (nSPS) is 19.2. The lowest BCUT2D eigenvalue weighted by Crippen LogP contribution is -2.38. The molecule has 9 heteroatoms. The Bertz CT molecular complexity index is 940. The van der Waals surface area contributed by atoms with Crippen molar-refractivity contribution < 1.29 is 9.59 Å². The summed E-state index contributed by atoms with van der Waals surface area (Å²) in [7, 11) is 0. The molecule has 2 N–H and O–H groups in total. The van der Waals surface area contributed by atoms with Crippen molar-refractivity contribution >= 4 is 23.2 Å². The molecule has 0 unspecified atom stereocenters. The number of aromatic nitrogens is 4. The van der Waals surface area contributed by atoms with Gasteiger partial charge in [0.1, 0.15) is 11.5 Å². The molecule has 3 heterocycles. The van der Waals surface area contributed by atoms with E-state index in [0.29, 0.717) is 35.9 Å². The van der Waals surface area contributed by atoms with Crippen LogP contribution in [0.15, 0.2) is 41.2 Å². The third-order valence-corrected chi connectivity index (χ3v) is 5.08. The predicted octanol–water partition coefficient (Wildman–Crippen LogP) is 1.96. The van der Waals surface area contributed by atoms with Gasteiger partial charge in [-0.2, -0.15) is 5.10 Å². The van der Waals surface area contributed by atoms with E-state index in [1.165, 1.54) is 11.3 Å². The van der Waals surface area contributed by atoms with Crippen molar-refractivity contribution in [3.05, 3.63) is 64.1 Å². The zero-order valence-electron chi connectivity index (χ0n) is 14.6. The molecule has 0 radical (unpaired) electrons. The minimum atomic E-state index is -0.315. The molecule has 2 amide bonds. The Morgan fingerprint density at radius 3 is 2.78 bits per heavy atom. The summed E-state index contributed by atoms with van der Waals surface area (Å²) in [6.45, 7) is 2.19. The third kappa shape index (κ3) is 3.59. The van der Waals surface area contributed by atoms with Crippen LogP contribution in [0.25, 0.3) is 0 Å². The van der Waals surface area contributed by atoms with Crippen molar-refractivity contribution in [2.24, 2.45) is 0 Å². The van der Waals surface area contributed by atoms with E-state index in [1.54, 1.807) is 27.9 Å². The minimum absolute atomic E-state index is 0.159. The molecule has 1 saturated heterocycles. The number of amides is 2. The summed E-state index contributed by atoms with van der Waals surface area (Å²) in [5, 5.41) is 11.8. The Morgan fingerprint density at radius 1 is 1.30 bits per heavy atom. The second-order valence-electron chi connectivity index (χ2n) is 6.40. The molecule has 1 aromatic carbocycles. The standard InChI is InChI=1S/C18H18N6O2S/c1-11-20-16(23-22-11)15-7-13(21-17(25)12-5-3-2-4-6-12)8-24(15)18(26)14-9-27-10-19-14/h2-6,9-10,13,15H,7-8H2,1H3,(H,21,25)(H,20,22,23)/t13-,15-/m0/s1. The number of hydrogen-bond acceptors (Lipinski definition) is 6. The van der Waals surface area contributed by atoms with Crippen molar-refractivity contribution in [2.75, 3.05) is 6.54 Å². The third-order valence-electron chi connectivity index (χ3n) is 4.50. The van der Waals surface area contributed by atoms with Gasteiger partial charge >= 0.3 is 0 Å². The van der Waals surface area contributed by atoms with Crippen molar-refractivity contribution in [1.82, 2.24) is 30.4 Å². The topological polar surface area (TPSA) is 104 Å². The molecule has 0 bridgehead atoms. The highest BCUT2D eigenvalue weighted by atomic mass is 32.1. The molecule has 27 heavy (non-hydrogen) atoms. The Labute approximate surface area is 159 Å². The summed E-state index contributed by atoms with van der Waals surface area (Å²) in [6, 6.07) is 8.52. The molecule has 1 aliphatic heterocycles. The van der Waals surface area contributed by atoms with Gasteiger partial charge in [0, 0.05) is 23.5 Å². The van der Waals surface area contributed by atoms with E-state index in [2.05, 4.69) is 25.5 Å². The van der Waals surface area contributed by atoms with Gasteiger partial charge in [0.15, 0.2) is 5.82 Å². The van der Waals surface area contributed by atoms with Crippen molar-refractivity contribution in [1.29, 1.82) is 0 Å². The number of rotatable bonds is 4. The first-order chi connectivity index (χ1) is 13.1. The van der Waals surface area contributed by atoms with Gasteiger partial charge in [-0.15, -0.1) is 11.3 Å². The first-order valence-corrected chi connectivity index (χ1v) is 9.50. The summed E-state index contributed by atoms with van der Waals surface area (Å²) in [4.78, 5) is 35.6. The number of carbonyl (C=O) groups excluding carboxylic acids is 2. The number of H-pyrrole nitrogens is 1. The molecular formula is C18H18N6O2S. The molecule has 138 valence electrons. The minimum Gasteiger partial charge on any atom is -0.347 e. The van der Waals surface area contributed by atoms with Gasteiger partial charge < -0.3 is 10.2 Å². The number of aromatic amines is 1. The summed E-state index contributed by atoms with van der Waals surface area (Å²) >= 11 is 1.37. The maximum Gasteiger partial charge on any atom is 0.274 e. The van der Waals surface area contributed by atoms with Crippen LogP contribution in [0.4, 0.5) is 0 Å². The monoisotopic (exact) mass is 382 g/mol. The molecule has 2 aromatic heterocycles. The van der Waals surface area contributed by atoms with Crippen LogP contribution in [0, 0.1) is 6.92 Å². The first kappa shape index (κ1) is 17.3. The molecule has 1 aliphatic rings. The maximum atomic E-state index is 12.9. The number of likely N-dealkylation sites (tertiary alicyclic amines) is 1. The average molecular weight is 382 g/mol. The lowest BCUT2D eigenvalue weighted by Gasteiger charge is -2.21. The van der Waals surface area contributed by atoms with E-state index in [-0.39, 0.29) is 23.9 Å². The van der Waals surface area contributed by atoms with E-state index in [1.807, 2.05) is 25.1 Å². The second kappa shape index (κ2) is 7.28. The average Bonchev–Trinajstić information content (AvgIpc) is 3.42. The van der Waals surface area contributed by atoms with Crippen LogP contribution in [0.2, 0.25) is 0 Å². The largest absolute Gasteiger partial charge is 0.347 e. The van der Waals surface area contributed by atoms with Gasteiger partial charge in [0.05, 0.1) is 11.6 Å². The Hall–Kier alpha value is -3.07. The Balaban J connectivity index is 1.55. The molecule has 0 aliphatic carbocycles. The van der Waals surface area contributed by atoms with Gasteiger partial charge in [0.25, 0.3) is 11.8 Å². The van der Waals surface area contributed by atoms with E-state index in [0.717, 1.165) is 0 Å². The number of nitrogens with zero attached hydrogens (tertiary/aromatic N) is 4. The molecule has 1 fully saturated rings. The van der Waals surface area contributed by atoms with Crippen LogP contribution in [0.1, 0.15) is 45.0 Å². The van der Waals surface area contributed by atoms with Gasteiger partial charge in [-0.05, 0) is 25.5 Å². The fraction of sp³-hybridized carbons (Fsp3) is 0.278. The second-order valence-corrected chi connectivity index (χ2v) is 7.12. The number of benzene rings is 1. The Morgan fingerprint density at radius 2 is 2.11 bits per heavy atom. The summed E-state index contributed by atoms with van der Waals surface area (Å²) in [5.41, 5.74) is 2.61. The van der Waals surface area contributed by atoms with Crippen molar-refractivity contribution in [3.63, 3.8) is 0 Å². The van der Waals surface area contributed by atoms with E-state index in [9.17, 15) is 9.59 Å². The number of carbonyl (C=O) groups is 2. The van der Waals surface area contributed by atoms with Crippen LogP contribution in [-0.4, -0.2) is 49.5 Å². The summed E-state index contributed by atoms with van der Waals surface area (Å²) in [6.07, 6.45) is 0.547. The lowest BCUT2D eigenvalue weighted by atomic mass is 10.1. The highest BCUT2D eigenvalue weighted by molar-refractivity contribution is 7.07. The highest BCUT2D eigenvalue weighted by Gasteiger charge is 2.39. The molecule has 0 saturated carbocycles. The molecular weight excluding hydrogens is 364 g/mol. The van der Waals surface area contributed by atoms with Crippen LogP contribution in [0.3, 0.4) is 0 Å². The van der Waals surface area contributed by atoms with Crippen LogP contribution in [0.5, 0.6) is 0 Å². The Kier molecular flexibility index (Phi) is 4.68. The van der Waals surface area contributed by atoms with Crippen molar-refractivity contribution in [2.45, 2.75) is 25.4 Å². The fourth-order valence-electron chi connectivity index (χ4n) is 3.24. The lowest BCUT2D eigenvalue weighted by molar-refractivity contribution is 0.0719. The number of hydrogen-bond donors (Lipinski definition) is 2. The van der Waals surface area contributed by atoms with Crippen molar-refractivity contribution in [3.8, 4) is 0 Å². The fourth-order valence-corrected chi connectivity index (χ4v) is 3.77. The SMILES string of the molecule is Cc1nc([C@@H]2C[C@H](NC(=O)c3ccccc3)CN2C(=O)c2cscn2)n[nH]1. The van der Waals surface area contributed by atoms with Gasteiger partial charge in [-0.3, -0.25) is 14.7 Å². The number of aryl methyl sites for hydroxylation is 1. The van der Waals surface area contributed by atoms with Crippen LogP contribution >= 0.6 is 11.3 Å². The molecule has 2 atom stereocenters. The number of thiazole rings is 1. The van der Waals surface area contributed by atoms with Crippen LogP contribution < -0.4 is 5.32 Å². The zero-order chi connectivity index (χ0) is 18.8. The molecule has 4 rings (SSSR count). The van der Waals surface area contributed by atoms with E-state index in [4.69, 9.17) is 0 Å². The maximum absolute atomic E-state index is 12.9. The van der Waals surface area contributed by atoms with Crippen LogP contribution in [-0.2, 0) is 0 Å². The molecule has 8 nitrogen and oxygen atoms in total. The number of nitrogens with one attached hydrogen (secondary N) is 2. The molecule has 0 spiro atoms. The summed E-state index contributed by atoms with van der Waals surface area (Å²) in [5.74, 6) is 0.893. The quantitative estimate of drug-likeness (QED) is 0.718. The first-order valence-electron chi connectivity index (χ1n) is 8.56. The summed E-state index contributed by atoms with van der Waals surface area (Å²) < 4.78 is 0. The molecule has 3 aromatic rings. The highest BCUT2D eigenvalue weighted by Crippen LogP contribution is 2.31. The van der Waals surface area contributed by atoms with E-state index >= 15 is 0 Å². The predicted molar refractivity (Wildman–Crippen MR) is 99.3 cm³/mol. The van der Waals surface area contributed by atoms with Gasteiger partial charge in [-0.1, -0.05) is 18.2 Å².